The third kappa shape index (κ3) is 1.97. The van der Waals surface area contributed by atoms with Gasteiger partial charge in [-0.1, -0.05) is 6.92 Å². The summed E-state index contributed by atoms with van der Waals surface area (Å²) in [5.41, 5.74) is -0.166. The van der Waals surface area contributed by atoms with Gasteiger partial charge in [0.1, 0.15) is 5.52 Å². The molecule has 20 heavy (non-hydrogen) atoms. The molecule has 0 aliphatic rings. The second-order valence-electron chi connectivity index (χ2n) is 4.44. The van der Waals surface area contributed by atoms with Crippen LogP contribution in [0, 0.1) is 6.92 Å². The van der Waals surface area contributed by atoms with Crippen molar-refractivity contribution in [3.8, 4) is 10.7 Å². The third-order valence-corrected chi connectivity index (χ3v) is 3.85. The van der Waals surface area contributed by atoms with Gasteiger partial charge in [0.25, 0.3) is 5.56 Å². The number of imidazole rings is 1. The molecular weight excluding hydrogens is 278 g/mol. The fraction of sp³-hybridized carbons (Fsp3) is 0.333. The molecule has 3 aromatic heterocycles. The Morgan fingerprint density at radius 3 is 2.80 bits per heavy atom. The number of nitrogens with zero attached hydrogens (tertiary/aromatic N) is 3. The lowest BCUT2D eigenvalue weighted by Crippen LogP contribution is -2.30. The van der Waals surface area contributed by atoms with Crippen LogP contribution in [0.1, 0.15) is 18.4 Å². The Morgan fingerprint density at radius 2 is 2.15 bits per heavy atom. The van der Waals surface area contributed by atoms with Crippen LogP contribution in [0.5, 0.6) is 0 Å². The summed E-state index contributed by atoms with van der Waals surface area (Å²) in [5, 5.41) is 0.917. The van der Waals surface area contributed by atoms with Crippen molar-refractivity contribution in [1.29, 1.82) is 0 Å². The molecule has 0 fully saturated rings. The van der Waals surface area contributed by atoms with E-state index in [-0.39, 0.29) is 0 Å². The number of H-pyrrole nitrogens is 2. The summed E-state index contributed by atoms with van der Waals surface area (Å²) in [6.45, 7) is 4.37. The van der Waals surface area contributed by atoms with Crippen LogP contribution in [0.25, 0.3) is 21.9 Å². The van der Waals surface area contributed by atoms with Gasteiger partial charge in [0.2, 0.25) is 0 Å². The Kier molecular flexibility index (Phi) is 3.01. The number of hydrogen-bond donors (Lipinski definition) is 2. The number of aryl methyl sites for hydroxylation is 2. The Hall–Kier alpha value is -2.22. The van der Waals surface area contributed by atoms with E-state index >= 15 is 0 Å². The number of aromatic amines is 2. The zero-order chi connectivity index (χ0) is 14.3. The van der Waals surface area contributed by atoms with Gasteiger partial charge >= 0.3 is 5.69 Å². The molecule has 0 saturated heterocycles. The van der Waals surface area contributed by atoms with Crippen LogP contribution in [-0.4, -0.2) is 24.5 Å². The highest BCUT2D eigenvalue weighted by atomic mass is 32.1. The maximum atomic E-state index is 11.9. The second kappa shape index (κ2) is 4.71. The molecular formula is C12H13N5O2S. The van der Waals surface area contributed by atoms with Crippen LogP contribution < -0.4 is 11.2 Å². The SMILES string of the molecule is CCCn1c(=O)[nH]c(=O)c2[nH]c(-c3cnc(C)s3)nc21. The van der Waals surface area contributed by atoms with E-state index in [4.69, 9.17) is 0 Å². The lowest BCUT2D eigenvalue weighted by atomic mass is 10.4. The van der Waals surface area contributed by atoms with Gasteiger partial charge in [-0.25, -0.2) is 14.8 Å². The summed E-state index contributed by atoms with van der Waals surface area (Å²) in [7, 11) is 0. The highest BCUT2D eigenvalue weighted by Gasteiger charge is 2.14. The molecule has 8 heteroatoms. The van der Waals surface area contributed by atoms with Crippen molar-refractivity contribution in [2.75, 3.05) is 0 Å². The van der Waals surface area contributed by atoms with E-state index in [1.165, 1.54) is 15.9 Å². The zero-order valence-corrected chi connectivity index (χ0v) is 11.9. The molecule has 0 atom stereocenters. The van der Waals surface area contributed by atoms with Crippen molar-refractivity contribution in [2.24, 2.45) is 0 Å². The normalized spacial score (nSPS) is 11.3. The minimum Gasteiger partial charge on any atom is -0.331 e. The number of thiazole rings is 1. The maximum absolute atomic E-state index is 11.9. The Labute approximate surface area is 117 Å². The van der Waals surface area contributed by atoms with Gasteiger partial charge in [0.15, 0.2) is 11.5 Å². The van der Waals surface area contributed by atoms with Gasteiger partial charge < -0.3 is 4.98 Å². The van der Waals surface area contributed by atoms with Gasteiger partial charge in [0, 0.05) is 12.7 Å². The van der Waals surface area contributed by atoms with E-state index in [0.717, 1.165) is 16.3 Å². The molecule has 0 aromatic carbocycles. The topological polar surface area (TPSA) is 96.4 Å². The predicted molar refractivity (Wildman–Crippen MR) is 77.1 cm³/mol. The van der Waals surface area contributed by atoms with Crippen molar-refractivity contribution < 1.29 is 0 Å². The summed E-state index contributed by atoms with van der Waals surface area (Å²) in [5.74, 6) is 0.562. The Balaban J connectivity index is 2.29. The third-order valence-electron chi connectivity index (χ3n) is 2.93. The molecule has 0 spiro atoms. The zero-order valence-electron chi connectivity index (χ0n) is 11.1. The van der Waals surface area contributed by atoms with Gasteiger partial charge in [-0.2, -0.15) is 0 Å². The molecule has 0 radical (unpaired) electrons. The number of nitrogens with one attached hydrogen (secondary N) is 2. The van der Waals surface area contributed by atoms with Gasteiger partial charge in [0.05, 0.1) is 9.88 Å². The van der Waals surface area contributed by atoms with Crippen molar-refractivity contribution in [3.05, 3.63) is 32.0 Å². The molecule has 0 aliphatic heterocycles. The highest BCUT2D eigenvalue weighted by molar-refractivity contribution is 7.14. The first-order valence-corrected chi connectivity index (χ1v) is 7.07. The quantitative estimate of drug-likeness (QED) is 0.759. The Morgan fingerprint density at radius 1 is 1.35 bits per heavy atom. The van der Waals surface area contributed by atoms with Crippen molar-refractivity contribution in [1.82, 2.24) is 24.5 Å². The smallest absolute Gasteiger partial charge is 0.330 e. The van der Waals surface area contributed by atoms with E-state index in [0.29, 0.717) is 23.5 Å². The summed E-state index contributed by atoms with van der Waals surface area (Å²) in [4.78, 5) is 38.4. The van der Waals surface area contributed by atoms with Crippen LogP contribution >= 0.6 is 11.3 Å². The van der Waals surface area contributed by atoms with Gasteiger partial charge in [-0.15, -0.1) is 11.3 Å². The van der Waals surface area contributed by atoms with Crippen molar-refractivity contribution >= 4 is 22.5 Å². The molecule has 0 aliphatic carbocycles. The number of hydrogen-bond acceptors (Lipinski definition) is 5. The van der Waals surface area contributed by atoms with Crippen LogP contribution in [0.4, 0.5) is 0 Å². The van der Waals surface area contributed by atoms with Gasteiger partial charge in [-0.3, -0.25) is 14.3 Å². The summed E-state index contributed by atoms with van der Waals surface area (Å²) in [6, 6.07) is 0. The summed E-state index contributed by atoms with van der Waals surface area (Å²) in [6.07, 6.45) is 2.48. The monoisotopic (exact) mass is 291 g/mol. The molecule has 0 amide bonds. The van der Waals surface area contributed by atoms with Crippen molar-refractivity contribution in [3.63, 3.8) is 0 Å². The van der Waals surface area contributed by atoms with Crippen molar-refractivity contribution in [2.45, 2.75) is 26.8 Å². The molecule has 0 bridgehead atoms. The minimum atomic E-state index is -0.447. The fourth-order valence-electron chi connectivity index (χ4n) is 2.06. The molecule has 2 N–H and O–H groups in total. The molecule has 0 saturated carbocycles. The van der Waals surface area contributed by atoms with E-state index in [1.807, 2.05) is 13.8 Å². The van der Waals surface area contributed by atoms with Crippen LogP contribution in [0.3, 0.4) is 0 Å². The highest BCUT2D eigenvalue weighted by Crippen LogP contribution is 2.24. The first-order chi connectivity index (χ1) is 9.60. The first kappa shape index (κ1) is 12.8. The largest absolute Gasteiger partial charge is 0.331 e. The van der Waals surface area contributed by atoms with E-state index in [2.05, 4.69) is 19.9 Å². The minimum absolute atomic E-state index is 0.319. The molecule has 7 nitrogen and oxygen atoms in total. The number of fused-ring (bicyclic) bond motifs is 1. The second-order valence-corrected chi connectivity index (χ2v) is 5.67. The fourth-order valence-corrected chi connectivity index (χ4v) is 2.78. The number of rotatable bonds is 3. The van der Waals surface area contributed by atoms with Crippen LogP contribution in [0.15, 0.2) is 15.8 Å². The average molecular weight is 291 g/mol. The molecule has 104 valence electrons. The lowest BCUT2D eigenvalue weighted by Gasteiger charge is -2.02. The van der Waals surface area contributed by atoms with Crippen LogP contribution in [0.2, 0.25) is 0 Å². The van der Waals surface area contributed by atoms with E-state index < -0.39 is 11.2 Å². The lowest BCUT2D eigenvalue weighted by molar-refractivity contribution is 0.653. The van der Waals surface area contributed by atoms with Crippen LogP contribution in [-0.2, 0) is 6.54 Å². The summed E-state index contributed by atoms with van der Waals surface area (Å²) >= 11 is 1.48. The predicted octanol–water partition coefficient (Wildman–Crippen LogP) is 1.25. The van der Waals surface area contributed by atoms with Gasteiger partial charge in [-0.05, 0) is 13.3 Å². The average Bonchev–Trinajstić information content (AvgIpc) is 3.00. The van der Waals surface area contributed by atoms with E-state index in [1.54, 1.807) is 6.20 Å². The standard InChI is InChI=1S/C12H13N5O2S/c1-3-4-17-10-8(11(18)16-12(17)19)14-9(15-10)7-5-13-6(2)20-7/h5H,3-4H2,1-2H3,(H,14,15)(H,16,18,19). The molecule has 3 aromatic rings. The first-order valence-electron chi connectivity index (χ1n) is 6.25. The van der Waals surface area contributed by atoms with E-state index in [9.17, 15) is 9.59 Å². The molecule has 0 unspecified atom stereocenters. The number of aromatic nitrogens is 5. The molecule has 3 heterocycles. The summed E-state index contributed by atoms with van der Waals surface area (Å²) < 4.78 is 1.48. The molecule has 3 rings (SSSR count). The Bertz CT molecular complexity index is 885. The maximum Gasteiger partial charge on any atom is 0.330 e.